The summed E-state index contributed by atoms with van der Waals surface area (Å²) >= 11 is 5.89. The number of rotatable bonds is 2. The lowest BCUT2D eigenvalue weighted by Crippen LogP contribution is -2.09. The monoisotopic (exact) mass is 271 g/mol. The van der Waals surface area contributed by atoms with E-state index in [9.17, 15) is 8.42 Å². The van der Waals surface area contributed by atoms with Crippen molar-refractivity contribution in [3.8, 4) is 0 Å². The van der Waals surface area contributed by atoms with Gasteiger partial charge in [-0.3, -0.25) is 0 Å². The Balaban J connectivity index is 2.65. The van der Waals surface area contributed by atoms with Gasteiger partial charge in [-0.2, -0.15) is 0 Å². The number of halogens is 1. The summed E-state index contributed by atoms with van der Waals surface area (Å²) in [6.45, 7) is 0. The molecule has 0 aliphatic carbocycles. The van der Waals surface area contributed by atoms with E-state index in [1.165, 1.54) is 29.0 Å². The molecular weight excluding hydrogens is 262 g/mol. The lowest BCUT2D eigenvalue weighted by Gasteiger charge is -2.06. The first-order valence-corrected chi connectivity index (χ1v) is 6.56. The maximum Gasteiger partial charge on any atom is 0.241 e. The highest BCUT2D eigenvalue weighted by atomic mass is 35.5. The first-order valence-electron chi connectivity index (χ1n) is 4.70. The third-order valence-corrected chi connectivity index (χ3v) is 4.50. The standard InChI is InChI=1S/C10H10ClN3O2S/c1-14-5-4-13-10(14)17(15,16)9-3-2-7(12)6-8(9)11/h2-6H,12H2,1H3. The van der Waals surface area contributed by atoms with Gasteiger partial charge in [0.15, 0.2) is 0 Å². The largest absolute Gasteiger partial charge is 0.399 e. The van der Waals surface area contributed by atoms with Gasteiger partial charge in [0.05, 0.1) is 9.92 Å². The highest BCUT2D eigenvalue weighted by molar-refractivity contribution is 7.91. The second-order valence-electron chi connectivity index (χ2n) is 3.51. The average Bonchev–Trinajstić information content (AvgIpc) is 2.64. The Bertz CT molecular complexity index is 664. The number of nitrogen functional groups attached to an aromatic ring is 1. The van der Waals surface area contributed by atoms with E-state index >= 15 is 0 Å². The topological polar surface area (TPSA) is 78.0 Å². The van der Waals surface area contributed by atoms with Crippen molar-refractivity contribution in [2.24, 2.45) is 7.05 Å². The van der Waals surface area contributed by atoms with Gasteiger partial charge in [-0.05, 0) is 18.2 Å². The minimum absolute atomic E-state index is 0.00247. The molecular formula is C10H10ClN3O2S. The van der Waals surface area contributed by atoms with Crippen LogP contribution < -0.4 is 5.73 Å². The summed E-state index contributed by atoms with van der Waals surface area (Å²) in [6, 6.07) is 4.26. The van der Waals surface area contributed by atoms with Gasteiger partial charge < -0.3 is 10.3 Å². The molecule has 0 saturated heterocycles. The number of nitrogens with zero attached hydrogens (tertiary/aromatic N) is 2. The summed E-state index contributed by atoms with van der Waals surface area (Å²) in [5.41, 5.74) is 5.93. The van der Waals surface area contributed by atoms with Crippen LogP contribution >= 0.6 is 11.6 Å². The van der Waals surface area contributed by atoms with E-state index < -0.39 is 9.84 Å². The highest BCUT2D eigenvalue weighted by Gasteiger charge is 2.24. The first-order chi connectivity index (χ1) is 7.93. The second kappa shape index (κ2) is 4.05. The molecule has 2 N–H and O–H groups in total. The molecule has 90 valence electrons. The number of anilines is 1. The maximum absolute atomic E-state index is 12.2. The lowest BCUT2D eigenvalue weighted by atomic mass is 10.3. The Kier molecular flexibility index (Phi) is 2.84. The summed E-state index contributed by atoms with van der Waals surface area (Å²) < 4.78 is 25.9. The van der Waals surface area contributed by atoms with Crippen molar-refractivity contribution in [1.82, 2.24) is 9.55 Å². The normalized spacial score (nSPS) is 11.6. The lowest BCUT2D eigenvalue weighted by molar-refractivity contribution is 0.579. The fraction of sp³-hybridized carbons (Fsp3) is 0.100. The van der Waals surface area contributed by atoms with Crippen molar-refractivity contribution < 1.29 is 8.42 Å². The van der Waals surface area contributed by atoms with Crippen LogP contribution in [0.1, 0.15) is 0 Å². The molecule has 0 spiro atoms. The van der Waals surface area contributed by atoms with Gasteiger partial charge in [0.1, 0.15) is 0 Å². The van der Waals surface area contributed by atoms with Crippen LogP contribution in [-0.4, -0.2) is 18.0 Å². The average molecular weight is 272 g/mol. The molecule has 5 nitrogen and oxygen atoms in total. The van der Waals surface area contributed by atoms with Crippen LogP contribution in [0.2, 0.25) is 5.02 Å². The molecule has 2 rings (SSSR count). The molecule has 0 bridgehead atoms. The number of sulfone groups is 1. The van der Waals surface area contributed by atoms with Gasteiger partial charge in [-0.1, -0.05) is 11.6 Å². The second-order valence-corrected chi connectivity index (χ2v) is 5.73. The van der Waals surface area contributed by atoms with Crippen LogP contribution in [0.25, 0.3) is 0 Å². The Morgan fingerprint density at radius 2 is 2.12 bits per heavy atom. The number of nitrogens with two attached hydrogens (primary N) is 1. The minimum atomic E-state index is -3.71. The van der Waals surface area contributed by atoms with E-state index in [2.05, 4.69) is 4.98 Å². The molecule has 0 fully saturated rings. The van der Waals surface area contributed by atoms with Crippen LogP contribution in [0, 0.1) is 0 Å². The molecule has 0 radical (unpaired) electrons. The smallest absolute Gasteiger partial charge is 0.241 e. The van der Waals surface area contributed by atoms with Gasteiger partial charge >= 0.3 is 0 Å². The molecule has 0 aliphatic rings. The van der Waals surface area contributed by atoms with E-state index in [1.54, 1.807) is 13.2 Å². The molecule has 0 saturated carbocycles. The van der Waals surface area contributed by atoms with Gasteiger partial charge in [-0.15, -0.1) is 0 Å². The summed E-state index contributed by atoms with van der Waals surface area (Å²) in [7, 11) is -2.11. The molecule has 1 heterocycles. The van der Waals surface area contributed by atoms with E-state index in [0.29, 0.717) is 5.69 Å². The molecule has 1 aromatic heterocycles. The maximum atomic E-state index is 12.2. The number of hydrogen-bond donors (Lipinski definition) is 1. The zero-order chi connectivity index (χ0) is 12.6. The molecule has 17 heavy (non-hydrogen) atoms. The molecule has 2 aromatic rings. The number of hydrogen-bond acceptors (Lipinski definition) is 4. The third-order valence-electron chi connectivity index (χ3n) is 2.26. The van der Waals surface area contributed by atoms with Crippen molar-refractivity contribution in [3.05, 3.63) is 35.6 Å². The Morgan fingerprint density at radius 1 is 1.41 bits per heavy atom. The van der Waals surface area contributed by atoms with Crippen LogP contribution in [-0.2, 0) is 16.9 Å². The minimum Gasteiger partial charge on any atom is -0.399 e. The Labute approximate surface area is 104 Å². The molecule has 0 atom stereocenters. The molecule has 7 heteroatoms. The summed E-state index contributed by atoms with van der Waals surface area (Å²) in [6.07, 6.45) is 2.97. The molecule has 0 amide bonds. The molecule has 0 unspecified atom stereocenters. The van der Waals surface area contributed by atoms with Crippen molar-refractivity contribution in [2.45, 2.75) is 10.1 Å². The predicted octanol–water partition coefficient (Wildman–Crippen LogP) is 1.49. The fourth-order valence-electron chi connectivity index (χ4n) is 1.44. The number of aromatic nitrogens is 2. The van der Waals surface area contributed by atoms with Crippen LogP contribution in [0.15, 0.2) is 40.6 Å². The van der Waals surface area contributed by atoms with Crippen molar-refractivity contribution in [3.63, 3.8) is 0 Å². The van der Waals surface area contributed by atoms with Crippen LogP contribution in [0.4, 0.5) is 5.69 Å². The Hall–Kier alpha value is -1.53. The van der Waals surface area contributed by atoms with Crippen molar-refractivity contribution >= 4 is 27.1 Å². The zero-order valence-electron chi connectivity index (χ0n) is 8.96. The molecule has 1 aromatic carbocycles. The van der Waals surface area contributed by atoms with Crippen LogP contribution in [0.3, 0.4) is 0 Å². The highest BCUT2D eigenvalue weighted by Crippen LogP contribution is 2.27. The van der Waals surface area contributed by atoms with Gasteiger partial charge in [0.2, 0.25) is 15.0 Å². The summed E-state index contributed by atoms with van der Waals surface area (Å²) in [4.78, 5) is 3.81. The number of imidazole rings is 1. The van der Waals surface area contributed by atoms with Gasteiger partial charge in [-0.25, -0.2) is 13.4 Å². The summed E-state index contributed by atoms with van der Waals surface area (Å²) in [5, 5.41) is 0.0390. The van der Waals surface area contributed by atoms with Crippen molar-refractivity contribution in [2.75, 3.05) is 5.73 Å². The number of aryl methyl sites for hydroxylation is 1. The van der Waals surface area contributed by atoms with E-state index in [0.717, 1.165) is 0 Å². The number of benzene rings is 1. The fourth-order valence-corrected chi connectivity index (χ4v) is 3.34. The van der Waals surface area contributed by atoms with Gasteiger partial charge in [0.25, 0.3) is 0 Å². The Morgan fingerprint density at radius 3 is 2.65 bits per heavy atom. The first kappa shape index (κ1) is 11.9. The van der Waals surface area contributed by atoms with Crippen molar-refractivity contribution in [1.29, 1.82) is 0 Å². The van der Waals surface area contributed by atoms with Gasteiger partial charge in [0, 0.05) is 25.1 Å². The predicted molar refractivity (Wildman–Crippen MR) is 64.5 cm³/mol. The molecule has 0 aliphatic heterocycles. The van der Waals surface area contributed by atoms with Crippen LogP contribution in [0.5, 0.6) is 0 Å². The summed E-state index contributed by atoms with van der Waals surface area (Å²) in [5.74, 6) is 0. The van der Waals surface area contributed by atoms with E-state index in [1.807, 2.05) is 0 Å². The zero-order valence-corrected chi connectivity index (χ0v) is 10.5. The quantitative estimate of drug-likeness (QED) is 0.840. The van der Waals surface area contributed by atoms with E-state index in [-0.39, 0.29) is 15.1 Å². The third kappa shape index (κ3) is 2.01. The SMILES string of the molecule is Cn1ccnc1S(=O)(=O)c1ccc(N)cc1Cl. The van der Waals surface area contributed by atoms with E-state index in [4.69, 9.17) is 17.3 Å².